The van der Waals surface area contributed by atoms with Crippen LogP contribution in [0.2, 0.25) is 0 Å². The van der Waals surface area contributed by atoms with Gasteiger partial charge in [-0.25, -0.2) is 4.98 Å². The van der Waals surface area contributed by atoms with E-state index in [1.807, 2.05) is 75.7 Å². The number of carboxylic acids is 1. The normalized spacial score (nSPS) is 13.0. The Labute approximate surface area is 222 Å². The van der Waals surface area contributed by atoms with Gasteiger partial charge in [-0.2, -0.15) is 0 Å². The molecule has 4 rings (SSSR count). The summed E-state index contributed by atoms with van der Waals surface area (Å²) in [4.78, 5) is 43.0. The van der Waals surface area contributed by atoms with Crippen molar-refractivity contribution in [1.29, 1.82) is 0 Å². The first-order chi connectivity index (χ1) is 18.0. The van der Waals surface area contributed by atoms with Gasteiger partial charge in [0.2, 0.25) is 5.91 Å². The lowest BCUT2D eigenvalue weighted by atomic mass is 9.94. The summed E-state index contributed by atoms with van der Waals surface area (Å²) in [5.41, 5.74) is 5.84. The van der Waals surface area contributed by atoms with Crippen molar-refractivity contribution in [3.05, 3.63) is 93.8 Å². The summed E-state index contributed by atoms with van der Waals surface area (Å²) in [7, 11) is 0. The highest BCUT2D eigenvalue weighted by atomic mass is 16.4. The van der Waals surface area contributed by atoms with Crippen molar-refractivity contribution in [3.63, 3.8) is 0 Å². The maximum absolute atomic E-state index is 13.7. The molecule has 0 aliphatic carbocycles. The van der Waals surface area contributed by atoms with Gasteiger partial charge in [0.1, 0.15) is 11.7 Å². The Morgan fingerprint density at radius 1 is 1.05 bits per heavy atom. The molecule has 1 amide bonds. The number of amides is 1. The summed E-state index contributed by atoms with van der Waals surface area (Å²) >= 11 is 0. The van der Waals surface area contributed by atoms with Crippen LogP contribution in [-0.2, 0) is 9.59 Å². The first kappa shape index (κ1) is 26.9. The number of pyridine rings is 2. The fourth-order valence-electron chi connectivity index (χ4n) is 5.04. The molecule has 0 unspecified atom stereocenters. The van der Waals surface area contributed by atoms with E-state index in [1.54, 1.807) is 18.5 Å². The van der Waals surface area contributed by atoms with Crippen molar-refractivity contribution in [1.82, 2.24) is 19.3 Å². The topological polar surface area (TPSA) is 106 Å². The van der Waals surface area contributed by atoms with Gasteiger partial charge in [0, 0.05) is 36.4 Å². The fourth-order valence-corrected chi connectivity index (χ4v) is 5.04. The van der Waals surface area contributed by atoms with Crippen LogP contribution in [0.5, 0.6) is 0 Å². The van der Waals surface area contributed by atoms with Crippen LogP contribution in [0.3, 0.4) is 0 Å². The molecule has 0 aliphatic heterocycles. The molecule has 3 heterocycles. The second kappa shape index (κ2) is 11.0. The van der Waals surface area contributed by atoms with Crippen LogP contribution in [0.15, 0.2) is 66.0 Å². The maximum Gasteiger partial charge on any atom is 0.305 e. The number of imidazole rings is 1. The first-order valence-corrected chi connectivity index (χ1v) is 12.8. The van der Waals surface area contributed by atoms with Crippen molar-refractivity contribution >= 4 is 17.5 Å². The molecule has 2 atom stereocenters. The molecule has 0 aliphatic rings. The zero-order valence-electron chi connectivity index (χ0n) is 22.4. The van der Waals surface area contributed by atoms with E-state index < -0.39 is 24.0 Å². The van der Waals surface area contributed by atoms with Crippen LogP contribution in [0.1, 0.15) is 61.0 Å². The molecule has 2 N–H and O–H groups in total. The molecule has 8 nitrogen and oxygen atoms in total. The van der Waals surface area contributed by atoms with Crippen molar-refractivity contribution < 1.29 is 14.7 Å². The van der Waals surface area contributed by atoms with Crippen LogP contribution >= 0.6 is 0 Å². The number of hydrogen-bond acceptors (Lipinski definition) is 4. The molecule has 3 aromatic heterocycles. The smallest absolute Gasteiger partial charge is 0.305 e. The van der Waals surface area contributed by atoms with E-state index in [9.17, 15) is 19.5 Å². The van der Waals surface area contributed by atoms with Crippen LogP contribution in [0, 0.1) is 26.7 Å². The number of rotatable bonds is 9. The predicted molar refractivity (Wildman–Crippen MR) is 147 cm³/mol. The van der Waals surface area contributed by atoms with Gasteiger partial charge in [-0.05, 0) is 73.1 Å². The first-order valence-electron chi connectivity index (χ1n) is 12.8. The number of benzene rings is 1. The standard InChI is InChI=1S/C30H34N4O4/c1-18(2)13-25(34-11-9-19(3)14-26(34)35)30(38)32-24(16-27(36)37)23-15-22(17-33-12-10-31-29(23)33)28-20(4)7-6-8-21(28)5/h6-12,14-15,17-18,24-25H,13,16H2,1-5H3,(H,32,38)(H,36,37)/t24-,25+/m1/s1. The van der Waals surface area contributed by atoms with Gasteiger partial charge in [-0.15, -0.1) is 0 Å². The van der Waals surface area contributed by atoms with Gasteiger partial charge in [0.15, 0.2) is 0 Å². The second-order valence-electron chi connectivity index (χ2n) is 10.4. The van der Waals surface area contributed by atoms with Gasteiger partial charge in [0.25, 0.3) is 5.56 Å². The lowest BCUT2D eigenvalue weighted by molar-refractivity contribution is -0.138. The SMILES string of the molecule is Cc1ccn([C@@H](CC(C)C)C(=O)N[C@H](CC(=O)O)c2cc(-c3c(C)cccc3C)cn3ccnc23)c(=O)c1. The minimum absolute atomic E-state index is 0.128. The number of carbonyl (C=O) groups is 2. The van der Waals surface area contributed by atoms with Crippen molar-refractivity contribution in [2.45, 2.75) is 59.5 Å². The molecule has 0 spiro atoms. The Morgan fingerprint density at radius 3 is 2.39 bits per heavy atom. The van der Waals surface area contributed by atoms with Gasteiger partial charge in [0.05, 0.1) is 12.5 Å². The number of hydrogen-bond donors (Lipinski definition) is 2. The van der Waals surface area contributed by atoms with Crippen molar-refractivity contribution in [2.24, 2.45) is 5.92 Å². The number of aryl methyl sites for hydroxylation is 3. The van der Waals surface area contributed by atoms with Crippen LogP contribution in [-0.4, -0.2) is 30.9 Å². The summed E-state index contributed by atoms with van der Waals surface area (Å²) < 4.78 is 3.28. The maximum atomic E-state index is 13.7. The lowest BCUT2D eigenvalue weighted by Crippen LogP contribution is -2.40. The number of nitrogens with zero attached hydrogens (tertiary/aromatic N) is 3. The Bertz CT molecular complexity index is 1530. The van der Waals surface area contributed by atoms with Crippen molar-refractivity contribution in [3.8, 4) is 11.1 Å². The van der Waals surface area contributed by atoms with Gasteiger partial charge in [-0.1, -0.05) is 32.0 Å². The van der Waals surface area contributed by atoms with E-state index in [-0.39, 0.29) is 17.9 Å². The van der Waals surface area contributed by atoms with Gasteiger partial charge in [-0.3, -0.25) is 14.4 Å². The number of carboxylic acid groups (broad SMARTS) is 1. The van der Waals surface area contributed by atoms with E-state index in [1.165, 1.54) is 10.6 Å². The number of carbonyl (C=O) groups excluding carboxylic acids is 1. The highest BCUT2D eigenvalue weighted by molar-refractivity contribution is 5.82. The van der Waals surface area contributed by atoms with E-state index in [2.05, 4.69) is 10.3 Å². The molecule has 1 aromatic carbocycles. The molecule has 0 saturated heterocycles. The summed E-state index contributed by atoms with van der Waals surface area (Å²) in [5, 5.41) is 12.8. The van der Waals surface area contributed by atoms with Crippen molar-refractivity contribution in [2.75, 3.05) is 0 Å². The Hall–Kier alpha value is -4.20. The lowest BCUT2D eigenvalue weighted by Gasteiger charge is -2.25. The number of fused-ring (bicyclic) bond motifs is 1. The Balaban J connectivity index is 1.81. The summed E-state index contributed by atoms with van der Waals surface area (Å²) in [6, 6.07) is 9.64. The average molecular weight is 515 g/mol. The fraction of sp³-hybridized carbons (Fsp3) is 0.333. The van der Waals surface area contributed by atoms with Gasteiger partial charge >= 0.3 is 5.97 Å². The van der Waals surface area contributed by atoms with Crippen LogP contribution in [0.4, 0.5) is 0 Å². The van der Waals surface area contributed by atoms with Crippen LogP contribution in [0.25, 0.3) is 16.8 Å². The molecule has 198 valence electrons. The molecule has 38 heavy (non-hydrogen) atoms. The molecule has 0 radical (unpaired) electrons. The largest absolute Gasteiger partial charge is 0.481 e. The van der Waals surface area contributed by atoms with E-state index in [0.29, 0.717) is 17.6 Å². The van der Waals surface area contributed by atoms with E-state index in [4.69, 9.17) is 0 Å². The Kier molecular flexibility index (Phi) is 7.80. The Morgan fingerprint density at radius 2 is 1.76 bits per heavy atom. The van der Waals surface area contributed by atoms with E-state index >= 15 is 0 Å². The molecular formula is C30H34N4O4. The summed E-state index contributed by atoms with van der Waals surface area (Å²) in [6.07, 6.45) is 7.15. The number of nitrogens with one attached hydrogen (secondary N) is 1. The number of aromatic nitrogens is 3. The highest BCUT2D eigenvalue weighted by Gasteiger charge is 2.28. The summed E-state index contributed by atoms with van der Waals surface area (Å²) in [6.45, 7) is 9.86. The quantitative estimate of drug-likeness (QED) is 0.327. The monoisotopic (exact) mass is 514 g/mol. The highest BCUT2D eigenvalue weighted by Crippen LogP contribution is 2.32. The van der Waals surface area contributed by atoms with Gasteiger partial charge < -0.3 is 19.4 Å². The molecule has 0 saturated carbocycles. The molecule has 0 fully saturated rings. The minimum Gasteiger partial charge on any atom is -0.481 e. The zero-order chi connectivity index (χ0) is 27.6. The third kappa shape index (κ3) is 5.69. The average Bonchev–Trinajstić information content (AvgIpc) is 3.30. The molecule has 8 heteroatoms. The predicted octanol–water partition coefficient (Wildman–Crippen LogP) is 5.01. The third-order valence-corrected chi connectivity index (χ3v) is 6.79. The zero-order valence-corrected chi connectivity index (χ0v) is 22.4. The van der Waals surface area contributed by atoms with Crippen LogP contribution < -0.4 is 10.9 Å². The summed E-state index contributed by atoms with van der Waals surface area (Å²) in [5.74, 6) is -1.33. The molecule has 4 aromatic rings. The molecule has 0 bridgehead atoms. The third-order valence-electron chi connectivity index (χ3n) is 6.79. The molecular weight excluding hydrogens is 480 g/mol. The number of aliphatic carboxylic acids is 1. The van der Waals surface area contributed by atoms with E-state index in [0.717, 1.165) is 27.8 Å². The minimum atomic E-state index is -1.05. The second-order valence-corrected chi connectivity index (χ2v) is 10.4.